The SMILES string of the molecule is c1ccc(-c2nc(-c3ccccc3)nc(-c3cccc(-c4ccc(-n5c6ccccc6c6c7oc8ccccc8c7ccc65)cc4)c3)n2)cc1. The fraction of sp³-hybridized carbons (Fsp3) is 0. The van der Waals surface area contributed by atoms with Crippen LogP contribution in [0.25, 0.3) is 94.7 Å². The third kappa shape index (κ3) is 4.60. The second kappa shape index (κ2) is 11.4. The summed E-state index contributed by atoms with van der Waals surface area (Å²) in [5.74, 6) is 1.93. The molecule has 5 nitrogen and oxygen atoms in total. The van der Waals surface area contributed by atoms with E-state index in [0.29, 0.717) is 17.5 Å². The number of rotatable bonds is 5. The van der Waals surface area contributed by atoms with Crippen LogP contribution in [-0.2, 0) is 0 Å². The van der Waals surface area contributed by atoms with E-state index in [4.69, 9.17) is 19.4 Å². The third-order valence-corrected chi connectivity index (χ3v) is 9.46. The molecule has 234 valence electrons. The van der Waals surface area contributed by atoms with E-state index in [1.54, 1.807) is 0 Å². The molecule has 0 atom stereocenters. The fourth-order valence-corrected chi connectivity index (χ4v) is 7.09. The van der Waals surface area contributed by atoms with Gasteiger partial charge in [0.2, 0.25) is 0 Å². The largest absolute Gasteiger partial charge is 0.455 e. The number of para-hydroxylation sites is 2. The van der Waals surface area contributed by atoms with Crippen LogP contribution in [-0.4, -0.2) is 19.5 Å². The molecule has 0 N–H and O–H groups in total. The van der Waals surface area contributed by atoms with Gasteiger partial charge in [0.05, 0.1) is 16.4 Å². The summed E-state index contributed by atoms with van der Waals surface area (Å²) in [7, 11) is 0. The van der Waals surface area contributed by atoms with Gasteiger partial charge in [0.25, 0.3) is 0 Å². The van der Waals surface area contributed by atoms with E-state index in [-0.39, 0.29) is 0 Å². The average molecular weight is 641 g/mol. The molecule has 0 saturated carbocycles. The Balaban J connectivity index is 1.07. The van der Waals surface area contributed by atoms with Gasteiger partial charge in [-0.1, -0.05) is 127 Å². The van der Waals surface area contributed by atoms with Crippen LogP contribution in [0.4, 0.5) is 0 Å². The minimum Gasteiger partial charge on any atom is -0.455 e. The van der Waals surface area contributed by atoms with E-state index < -0.39 is 0 Å². The van der Waals surface area contributed by atoms with Gasteiger partial charge in [-0.2, -0.15) is 0 Å². The molecule has 0 radical (unpaired) electrons. The van der Waals surface area contributed by atoms with Crippen molar-refractivity contribution >= 4 is 43.7 Å². The predicted molar refractivity (Wildman–Crippen MR) is 203 cm³/mol. The van der Waals surface area contributed by atoms with Crippen molar-refractivity contribution in [2.24, 2.45) is 0 Å². The van der Waals surface area contributed by atoms with Crippen molar-refractivity contribution in [3.05, 3.63) is 170 Å². The first-order valence-corrected chi connectivity index (χ1v) is 16.7. The Morgan fingerprint density at radius 3 is 1.68 bits per heavy atom. The zero-order valence-corrected chi connectivity index (χ0v) is 26.9. The van der Waals surface area contributed by atoms with Crippen molar-refractivity contribution in [3.8, 4) is 51.0 Å². The molecule has 50 heavy (non-hydrogen) atoms. The number of benzene rings is 7. The van der Waals surface area contributed by atoms with E-state index in [9.17, 15) is 0 Å². The van der Waals surface area contributed by atoms with Crippen molar-refractivity contribution in [1.82, 2.24) is 19.5 Å². The van der Waals surface area contributed by atoms with Gasteiger partial charge < -0.3 is 8.98 Å². The van der Waals surface area contributed by atoms with Crippen LogP contribution >= 0.6 is 0 Å². The lowest BCUT2D eigenvalue weighted by atomic mass is 10.0. The van der Waals surface area contributed by atoms with E-state index in [0.717, 1.165) is 71.9 Å². The molecule has 0 bridgehead atoms. The molecular weight excluding hydrogens is 613 g/mol. The molecule has 10 aromatic rings. The van der Waals surface area contributed by atoms with Crippen LogP contribution in [0.2, 0.25) is 0 Å². The summed E-state index contributed by atoms with van der Waals surface area (Å²) in [6.45, 7) is 0. The van der Waals surface area contributed by atoms with E-state index in [1.165, 1.54) is 5.39 Å². The lowest BCUT2D eigenvalue weighted by Crippen LogP contribution is -2.00. The van der Waals surface area contributed by atoms with Crippen molar-refractivity contribution in [2.75, 3.05) is 0 Å². The Morgan fingerprint density at radius 1 is 0.380 bits per heavy atom. The number of hydrogen-bond acceptors (Lipinski definition) is 4. The number of nitrogens with zero attached hydrogens (tertiary/aromatic N) is 4. The number of hydrogen-bond donors (Lipinski definition) is 0. The van der Waals surface area contributed by atoms with E-state index >= 15 is 0 Å². The topological polar surface area (TPSA) is 56.7 Å². The van der Waals surface area contributed by atoms with Gasteiger partial charge in [-0.3, -0.25) is 0 Å². The lowest BCUT2D eigenvalue weighted by molar-refractivity contribution is 0.673. The molecule has 0 spiro atoms. The zero-order chi connectivity index (χ0) is 33.0. The maximum absolute atomic E-state index is 6.49. The van der Waals surface area contributed by atoms with Gasteiger partial charge in [-0.15, -0.1) is 0 Å². The van der Waals surface area contributed by atoms with Crippen LogP contribution in [0, 0.1) is 0 Å². The maximum atomic E-state index is 6.49. The molecular formula is C45H28N4O. The summed E-state index contributed by atoms with van der Waals surface area (Å²) in [4.78, 5) is 14.7. The number of aromatic nitrogens is 4. The quantitative estimate of drug-likeness (QED) is 0.188. The molecule has 10 rings (SSSR count). The van der Waals surface area contributed by atoms with Crippen LogP contribution in [0.15, 0.2) is 174 Å². The highest BCUT2D eigenvalue weighted by Crippen LogP contribution is 2.40. The molecule has 0 fully saturated rings. The number of furan rings is 1. The lowest BCUT2D eigenvalue weighted by Gasteiger charge is -2.11. The Morgan fingerprint density at radius 2 is 0.960 bits per heavy atom. The Bertz CT molecular complexity index is 2800. The van der Waals surface area contributed by atoms with Crippen molar-refractivity contribution < 1.29 is 4.42 Å². The van der Waals surface area contributed by atoms with Gasteiger partial charge in [-0.05, 0) is 53.6 Å². The number of fused-ring (bicyclic) bond motifs is 7. The molecule has 0 aliphatic heterocycles. The van der Waals surface area contributed by atoms with Crippen molar-refractivity contribution in [2.45, 2.75) is 0 Å². The Hall–Kier alpha value is -6.85. The Kier molecular flexibility index (Phi) is 6.42. The van der Waals surface area contributed by atoms with Crippen molar-refractivity contribution in [1.29, 1.82) is 0 Å². The van der Waals surface area contributed by atoms with Crippen molar-refractivity contribution in [3.63, 3.8) is 0 Å². The van der Waals surface area contributed by atoms with Crippen LogP contribution in [0.5, 0.6) is 0 Å². The average Bonchev–Trinajstić information content (AvgIpc) is 3.74. The standard InChI is InChI=1S/C45H28N4O/c1-3-12-30(13-4-1)43-46-44(31-14-5-2-6-15-31)48-45(47-43)33-17-11-16-32(28-33)29-22-24-34(25-23-29)49-38-20-9-7-19-37(38)41-39(49)27-26-36-35-18-8-10-21-40(35)50-42(36)41/h1-28H. The summed E-state index contributed by atoms with van der Waals surface area (Å²) in [6.07, 6.45) is 0. The van der Waals surface area contributed by atoms with Crippen LogP contribution < -0.4 is 0 Å². The highest BCUT2D eigenvalue weighted by Gasteiger charge is 2.19. The van der Waals surface area contributed by atoms with Gasteiger partial charge in [0.15, 0.2) is 17.5 Å². The molecule has 5 heteroatoms. The molecule has 3 heterocycles. The second-order valence-corrected chi connectivity index (χ2v) is 12.5. The monoisotopic (exact) mass is 640 g/mol. The van der Waals surface area contributed by atoms with Gasteiger partial charge in [0.1, 0.15) is 11.2 Å². The smallest absolute Gasteiger partial charge is 0.164 e. The molecule has 0 amide bonds. The van der Waals surface area contributed by atoms with Crippen LogP contribution in [0.3, 0.4) is 0 Å². The van der Waals surface area contributed by atoms with Gasteiger partial charge in [-0.25, -0.2) is 15.0 Å². The molecule has 0 saturated heterocycles. The van der Waals surface area contributed by atoms with Gasteiger partial charge >= 0.3 is 0 Å². The fourth-order valence-electron chi connectivity index (χ4n) is 7.09. The predicted octanol–water partition coefficient (Wildman–Crippen LogP) is 11.5. The third-order valence-electron chi connectivity index (χ3n) is 9.46. The van der Waals surface area contributed by atoms with E-state index in [2.05, 4.69) is 102 Å². The first kappa shape index (κ1) is 28.2. The Labute approximate surface area is 287 Å². The summed E-state index contributed by atoms with van der Waals surface area (Å²) < 4.78 is 8.82. The van der Waals surface area contributed by atoms with Gasteiger partial charge in [0, 0.05) is 38.5 Å². The normalized spacial score (nSPS) is 11.6. The summed E-state index contributed by atoms with van der Waals surface area (Å²) in [6, 6.07) is 58.6. The second-order valence-electron chi connectivity index (χ2n) is 12.5. The molecule has 0 unspecified atom stereocenters. The first-order chi connectivity index (χ1) is 24.8. The summed E-state index contributed by atoms with van der Waals surface area (Å²) >= 11 is 0. The molecule has 0 aliphatic carbocycles. The molecule has 3 aromatic heterocycles. The maximum Gasteiger partial charge on any atom is 0.164 e. The summed E-state index contributed by atoms with van der Waals surface area (Å²) in [5, 5.41) is 4.58. The van der Waals surface area contributed by atoms with E-state index in [1.807, 2.05) is 72.8 Å². The summed E-state index contributed by atoms with van der Waals surface area (Å²) in [5.41, 5.74) is 10.2. The highest BCUT2D eigenvalue weighted by atomic mass is 16.3. The molecule has 7 aromatic carbocycles. The molecule has 0 aliphatic rings. The highest BCUT2D eigenvalue weighted by molar-refractivity contribution is 6.23. The zero-order valence-electron chi connectivity index (χ0n) is 26.9. The minimum atomic E-state index is 0.637. The van der Waals surface area contributed by atoms with Crippen LogP contribution in [0.1, 0.15) is 0 Å². The minimum absolute atomic E-state index is 0.637. The first-order valence-electron chi connectivity index (χ1n) is 16.7.